The molecule has 4 rings (SSSR count). The Morgan fingerprint density at radius 3 is 2.59 bits per heavy atom. The highest BCUT2D eigenvalue weighted by Crippen LogP contribution is 2.22. The van der Waals surface area contributed by atoms with Crippen LogP contribution in [0.1, 0.15) is 30.7 Å². The molecular formula is C20H27N5OS. The number of aryl methyl sites for hydroxylation is 1. The zero-order chi connectivity index (χ0) is 18.5. The van der Waals surface area contributed by atoms with Crippen molar-refractivity contribution in [1.29, 1.82) is 0 Å². The Labute approximate surface area is 164 Å². The van der Waals surface area contributed by atoms with Gasteiger partial charge >= 0.3 is 0 Å². The van der Waals surface area contributed by atoms with Crippen molar-refractivity contribution in [3.63, 3.8) is 0 Å². The van der Waals surface area contributed by atoms with Crippen LogP contribution in [-0.4, -0.2) is 62.4 Å². The zero-order valence-electron chi connectivity index (χ0n) is 15.7. The highest BCUT2D eigenvalue weighted by atomic mass is 32.2. The molecular weight excluding hydrogens is 358 g/mol. The molecule has 0 N–H and O–H groups in total. The predicted octanol–water partition coefficient (Wildman–Crippen LogP) is 2.44. The molecule has 1 fully saturated rings. The summed E-state index contributed by atoms with van der Waals surface area (Å²) < 4.78 is 2.21. The van der Waals surface area contributed by atoms with Gasteiger partial charge in [-0.3, -0.25) is 9.69 Å². The van der Waals surface area contributed by atoms with E-state index in [-0.39, 0.29) is 5.91 Å². The molecule has 0 unspecified atom stereocenters. The Morgan fingerprint density at radius 2 is 1.78 bits per heavy atom. The van der Waals surface area contributed by atoms with Crippen LogP contribution in [0.2, 0.25) is 0 Å². The minimum absolute atomic E-state index is 0.213. The van der Waals surface area contributed by atoms with E-state index in [0.29, 0.717) is 5.75 Å². The summed E-state index contributed by atoms with van der Waals surface area (Å²) in [5.41, 5.74) is 1.33. The quantitative estimate of drug-likeness (QED) is 0.740. The molecule has 2 aliphatic heterocycles. The van der Waals surface area contributed by atoms with Crippen molar-refractivity contribution in [2.75, 3.05) is 31.9 Å². The van der Waals surface area contributed by atoms with Gasteiger partial charge in [0.1, 0.15) is 5.82 Å². The topological polar surface area (TPSA) is 54.3 Å². The van der Waals surface area contributed by atoms with Crippen LogP contribution < -0.4 is 0 Å². The normalized spacial score (nSPS) is 18.1. The average Bonchev–Trinajstić information content (AvgIpc) is 2.93. The maximum atomic E-state index is 12.6. The van der Waals surface area contributed by atoms with E-state index in [4.69, 9.17) is 0 Å². The Bertz CT molecular complexity index is 755. The number of hydrogen-bond acceptors (Lipinski definition) is 5. The van der Waals surface area contributed by atoms with Gasteiger partial charge in [-0.05, 0) is 18.4 Å². The lowest BCUT2D eigenvalue weighted by atomic mass is 10.2. The van der Waals surface area contributed by atoms with Crippen LogP contribution in [0.4, 0.5) is 0 Å². The van der Waals surface area contributed by atoms with Crippen molar-refractivity contribution in [2.45, 2.75) is 43.9 Å². The molecule has 3 heterocycles. The van der Waals surface area contributed by atoms with Gasteiger partial charge in [-0.1, -0.05) is 48.5 Å². The Kier molecular flexibility index (Phi) is 6.09. The van der Waals surface area contributed by atoms with Crippen LogP contribution >= 0.6 is 11.8 Å². The van der Waals surface area contributed by atoms with Crippen molar-refractivity contribution in [2.24, 2.45) is 0 Å². The lowest BCUT2D eigenvalue weighted by Gasteiger charge is -2.34. The van der Waals surface area contributed by atoms with Gasteiger partial charge in [0.05, 0.1) is 5.75 Å². The standard InChI is InChI=1S/C20H27N5OS/c26-19(16-27-20-22-21-18-9-5-2-6-10-25(18)20)24-13-11-23(12-14-24)15-17-7-3-1-4-8-17/h1,3-4,7-8H,2,5-6,9-16H2. The summed E-state index contributed by atoms with van der Waals surface area (Å²) in [4.78, 5) is 17.0. The second-order valence-corrected chi connectivity index (χ2v) is 8.23. The number of benzene rings is 1. The first-order chi connectivity index (χ1) is 13.3. The van der Waals surface area contributed by atoms with Gasteiger partial charge in [-0.15, -0.1) is 10.2 Å². The minimum Gasteiger partial charge on any atom is -0.339 e. The van der Waals surface area contributed by atoms with Crippen LogP contribution in [0, 0.1) is 0 Å². The Hall–Kier alpha value is -1.86. The van der Waals surface area contributed by atoms with Crippen LogP contribution in [0.3, 0.4) is 0 Å². The predicted molar refractivity (Wildman–Crippen MR) is 107 cm³/mol. The van der Waals surface area contributed by atoms with Crippen molar-refractivity contribution >= 4 is 17.7 Å². The monoisotopic (exact) mass is 385 g/mol. The van der Waals surface area contributed by atoms with Gasteiger partial charge in [0.15, 0.2) is 5.16 Å². The average molecular weight is 386 g/mol. The van der Waals surface area contributed by atoms with E-state index in [2.05, 4.69) is 43.9 Å². The van der Waals surface area contributed by atoms with E-state index < -0.39 is 0 Å². The van der Waals surface area contributed by atoms with Crippen LogP contribution in [-0.2, 0) is 24.3 Å². The fourth-order valence-corrected chi connectivity index (χ4v) is 4.67. The molecule has 7 heteroatoms. The van der Waals surface area contributed by atoms with E-state index in [1.54, 1.807) is 11.8 Å². The smallest absolute Gasteiger partial charge is 0.233 e. The second kappa shape index (κ2) is 8.89. The summed E-state index contributed by atoms with van der Waals surface area (Å²) in [5, 5.41) is 9.54. The number of carbonyl (C=O) groups is 1. The van der Waals surface area contributed by atoms with Crippen LogP contribution in [0.5, 0.6) is 0 Å². The highest BCUT2D eigenvalue weighted by molar-refractivity contribution is 7.99. The number of rotatable bonds is 5. The third-order valence-corrected chi connectivity index (χ3v) is 6.33. The number of amides is 1. The Morgan fingerprint density at radius 1 is 0.963 bits per heavy atom. The minimum atomic E-state index is 0.213. The number of hydrogen-bond donors (Lipinski definition) is 0. The molecule has 27 heavy (non-hydrogen) atoms. The highest BCUT2D eigenvalue weighted by Gasteiger charge is 2.22. The lowest BCUT2D eigenvalue weighted by Crippen LogP contribution is -2.48. The summed E-state index contributed by atoms with van der Waals surface area (Å²) in [6.45, 7) is 5.44. The van der Waals surface area contributed by atoms with Gasteiger partial charge in [0.25, 0.3) is 0 Å². The fourth-order valence-electron chi connectivity index (χ4n) is 3.78. The summed E-state index contributed by atoms with van der Waals surface area (Å²) in [7, 11) is 0. The van der Waals surface area contributed by atoms with Crippen molar-refractivity contribution in [1.82, 2.24) is 24.6 Å². The van der Waals surface area contributed by atoms with Gasteiger partial charge in [0, 0.05) is 45.7 Å². The first-order valence-corrected chi connectivity index (χ1v) is 10.9. The van der Waals surface area contributed by atoms with Crippen LogP contribution in [0.15, 0.2) is 35.5 Å². The number of piperazine rings is 1. The van der Waals surface area contributed by atoms with Crippen LogP contribution in [0.25, 0.3) is 0 Å². The van der Waals surface area contributed by atoms with Crippen molar-refractivity contribution in [3.05, 3.63) is 41.7 Å². The molecule has 1 aromatic heterocycles. The van der Waals surface area contributed by atoms with E-state index in [1.165, 1.54) is 24.8 Å². The van der Waals surface area contributed by atoms with Crippen molar-refractivity contribution in [3.8, 4) is 0 Å². The van der Waals surface area contributed by atoms with E-state index in [0.717, 1.165) is 56.7 Å². The van der Waals surface area contributed by atoms with Crippen molar-refractivity contribution < 1.29 is 4.79 Å². The summed E-state index contributed by atoms with van der Waals surface area (Å²) in [6.07, 6.45) is 4.62. The van der Waals surface area contributed by atoms with Gasteiger partial charge in [-0.25, -0.2) is 0 Å². The molecule has 144 valence electrons. The SMILES string of the molecule is O=C(CSc1nnc2n1CCCCC2)N1CCN(Cc2ccccc2)CC1. The van der Waals surface area contributed by atoms with Gasteiger partial charge in [0.2, 0.25) is 5.91 Å². The van der Waals surface area contributed by atoms with Gasteiger partial charge < -0.3 is 9.47 Å². The zero-order valence-corrected chi connectivity index (χ0v) is 16.5. The third kappa shape index (κ3) is 4.71. The first kappa shape index (κ1) is 18.5. The molecule has 2 aromatic rings. The molecule has 1 saturated heterocycles. The van der Waals surface area contributed by atoms with E-state index >= 15 is 0 Å². The molecule has 0 saturated carbocycles. The molecule has 0 atom stereocenters. The summed E-state index contributed by atoms with van der Waals surface area (Å²) in [6, 6.07) is 10.5. The maximum absolute atomic E-state index is 12.6. The molecule has 0 aliphatic carbocycles. The molecule has 2 aliphatic rings. The van der Waals surface area contributed by atoms with E-state index in [9.17, 15) is 4.79 Å². The van der Waals surface area contributed by atoms with E-state index in [1.807, 2.05) is 11.0 Å². The fraction of sp³-hybridized carbons (Fsp3) is 0.550. The van der Waals surface area contributed by atoms with Gasteiger partial charge in [-0.2, -0.15) is 0 Å². The number of nitrogens with zero attached hydrogens (tertiary/aromatic N) is 5. The molecule has 0 radical (unpaired) electrons. The second-order valence-electron chi connectivity index (χ2n) is 7.29. The summed E-state index contributed by atoms with van der Waals surface area (Å²) in [5.74, 6) is 1.75. The largest absolute Gasteiger partial charge is 0.339 e. The first-order valence-electron chi connectivity index (χ1n) is 9.88. The number of carbonyl (C=O) groups excluding carboxylic acids is 1. The molecule has 6 nitrogen and oxygen atoms in total. The molecule has 1 aromatic carbocycles. The molecule has 0 spiro atoms. The number of aromatic nitrogens is 3. The lowest BCUT2D eigenvalue weighted by molar-refractivity contribution is -0.130. The molecule has 1 amide bonds. The third-order valence-electron chi connectivity index (χ3n) is 5.37. The Balaban J connectivity index is 1.25. The maximum Gasteiger partial charge on any atom is 0.233 e. The molecule has 0 bridgehead atoms. The number of fused-ring (bicyclic) bond motifs is 1. The summed E-state index contributed by atoms with van der Waals surface area (Å²) >= 11 is 1.54. The number of thioether (sulfide) groups is 1.